The van der Waals surface area contributed by atoms with Crippen LogP contribution in [0, 0.1) is 6.92 Å². The zero-order valence-corrected chi connectivity index (χ0v) is 10.4. The van der Waals surface area contributed by atoms with E-state index in [0.29, 0.717) is 12.4 Å². The SMILES string of the molecule is Cc1ccc(COc2ccc(C(F)(F)F)cc2)cc1. The topological polar surface area (TPSA) is 9.23 Å². The van der Waals surface area contributed by atoms with Crippen LogP contribution in [-0.4, -0.2) is 0 Å². The number of ether oxygens (including phenoxy) is 1. The maximum atomic E-state index is 12.4. The highest BCUT2D eigenvalue weighted by Crippen LogP contribution is 2.30. The molecule has 0 spiro atoms. The Morgan fingerprint density at radius 1 is 0.895 bits per heavy atom. The summed E-state index contributed by atoms with van der Waals surface area (Å²) in [6, 6.07) is 12.5. The van der Waals surface area contributed by atoms with Gasteiger partial charge in [0.1, 0.15) is 12.4 Å². The largest absolute Gasteiger partial charge is 0.489 e. The van der Waals surface area contributed by atoms with Gasteiger partial charge < -0.3 is 4.74 Å². The maximum Gasteiger partial charge on any atom is 0.416 e. The first kappa shape index (κ1) is 13.5. The van der Waals surface area contributed by atoms with Crippen molar-refractivity contribution in [3.05, 3.63) is 65.2 Å². The van der Waals surface area contributed by atoms with Crippen molar-refractivity contribution in [3.8, 4) is 5.75 Å². The van der Waals surface area contributed by atoms with Crippen LogP contribution in [-0.2, 0) is 12.8 Å². The molecular formula is C15H13F3O. The quantitative estimate of drug-likeness (QED) is 0.789. The van der Waals surface area contributed by atoms with Crippen molar-refractivity contribution >= 4 is 0 Å². The molecule has 0 heterocycles. The molecule has 19 heavy (non-hydrogen) atoms. The fourth-order valence-corrected chi connectivity index (χ4v) is 1.59. The van der Waals surface area contributed by atoms with Crippen LogP contribution in [0.4, 0.5) is 13.2 Å². The Hall–Kier alpha value is -1.97. The molecule has 100 valence electrons. The molecule has 2 aromatic carbocycles. The molecule has 0 radical (unpaired) electrons. The predicted molar refractivity (Wildman–Crippen MR) is 67.0 cm³/mol. The van der Waals surface area contributed by atoms with E-state index < -0.39 is 11.7 Å². The first-order valence-electron chi connectivity index (χ1n) is 5.81. The summed E-state index contributed by atoms with van der Waals surface area (Å²) in [6.45, 7) is 2.33. The van der Waals surface area contributed by atoms with Crippen LogP contribution >= 0.6 is 0 Å². The van der Waals surface area contributed by atoms with Gasteiger partial charge >= 0.3 is 6.18 Å². The number of benzene rings is 2. The van der Waals surface area contributed by atoms with Crippen LogP contribution in [0.15, 0.2) is 48.5 Å². The van der Waals surface area contributed by atoms with Gasteiger partial charge in [0.15, 0.2) is 0 Å². The van der Waals surface area contributed by atoms with E-state index in [1.165, 1.54) is 12.1 Å². The summed E-state index contributed by atoms with van der Waals surface area (Å²) >= 11 is 0. The van der Waals surface area contributed by atoms with E-state index in [-0.39, 0.29) is 0 Å². The molecule has 0 saturated carbocycles. The first-order chi connectivity index (χ1) is 8.95. The average molecular weight is 266 g/mol. The normalized spacial score (nSPS) is 11.4. The van der Waals surface area contributed by atoms with Gasteiger partial charge in [0.25, 0.3) is 0 Å². The molecule has 0 unspecified atom stereocenters. The third-order valence-electron chi connectivity index (χ3n) is 2.71. The highest BCUT2D eigenvalue weighted by atomic mass is 19.4. The highest BCUT2D eigenvalue weighted by Gasteiger charge is 2.29. The van der Waals surface area contributed by atoms with Gasteiger partial charge in [0, 0.05) is 0 Å². The van der Waals surface area contributed by atoms with Gasteiger partial charge in [-0.15, -0.1) is 0 Å². The molecule has 0 aliphatic rings. The molecule has 0 atom stereocenters. The molecule has 2 rings (SSSR count). The van der Waals surface area contributed by atoms with E-state index in [9.17, 15) is 13.2 Å². The lowest BCUT2D eigenvalue weighted by Gasteiger charge is -2.09. The second-order valence-electron chi connectivity index (χ2n) is 4.30. The minimum atomic E-state index is -4.31. The Bertz CT molecular complexity index is 527. The smallest absolute Gasteiger partial charge is 0.416 e. The van der Waals surface area contributed by atoms with Gasteiger partial charge in [0.05, 0.1) is 5.56 Å². The molecule has 0 amide bonds. The summed E-state index contributed by atoms with van der Waals surface area (Å²) < 4.78 is 42.5. The Labute approximate surface area is 109 Å². The third-order valence-corrected chi connectivity index (χ3v) is 2.71. The number of aryl methyl sites for hydroxylation is 1. The molecule has 0 bridgehead atoms. The summed E-state index contributed by atoms with van der Waals surface area (Å²) in [7, 11) is 0. The van der Waals surface area contributed by atoms with Crippen molar-refractivity contribution in [2.24, 2.45) is 0 Å². The van der Waals surface area contributed by atoms with Crippen LogP contribution < -0.4 is 4.74 Å². The molecule has 0 N–H and O–H groups in total. The summed E-state index contributed by atoms with van der Waals surface area (Å²) in [5, 5.41) is 0. The predicted octanol–water partition coefficient (Wildman–Crippen LogP) is 4.59. The molecule has 0 saturated heterocycles. The number of rotatable bonds is 3. The summed E-state index contributed by atoms with van der Waals surface area (Å²) in [5.41, 5.74) is 1.46. The van der Waals surface area contributed by atoms with Crippen LogP contribution in [0.1, 0.15) is 16.7 Å². The van der Waals surface area contributed by atoms with Crippen molar-refractivity contribution in [3.63, 3.8) is 0 Å². The zero-order chi connectivity index (χ0) is 13.9. The summed E-state index contributed by atoms with van der Waals surface area (Å²) in [6.07, 6.45) is -4.31. The van der Waals surface area contributed by atoms with E-state index >= 15 is 0 Å². The standard InChI is InChI=1S/C15H13F3O/c1-11-2-4-12(5-3-11)10-19-14-8-6-13(7-9-14)15(16,17)18/h2-9H,10H2,1H3. The lowest BCUT2D eigenvalue weighted by molar-refractivity contribution is -0.137. The van der Waals surface area contributed by atoms with Crippen LogP contribution in [0.25, 0.3) is 0 Å². The Balaban J connectivity index is 1.98. The Kier molecular flexibility index (Phi) is 3.79. The van der Waals surface area contributed by atoms with E-state index in [4.69, 9.17) is 4.74 Å². The molecule has 1 nitrogen and oxygen atoms in total. The number of halogens is 3. The Morgan fingerprint density at radius 3 is 2.00 bits per heavy atom. The first-order valence-corrected chi connectivity index (χ1v) is 5.81. The van der Waals surface area contributed by atoms with E-state index in [2.05, 4.69) is 0 Å². The second kappa shape index (κ2) is 5.34. The average Bonchev–Trinajstić information content (AvgIpc) is 2.37. The van der Waals surface area contributed by atoms with Gasteiger partial charge in [-0.1, -0.05) is 29.8 Å². The molecule has 0 aliphatic carbocycles. The van der Waals surface area contributed by atoms with Gasteiger partial charge in [-0.05, 0) is 36.8 Å². The van der Waals surface area contributed by atoms with Gasteiger partial charge in [0.2, 0.25) is 0 Å². The third kappa shape index (κ3) is 3.74. The second-order valence-corrected chi connectivity index (χ2v) is 4.30. The molecule has 0 aliphatic heterocycles. The molecule has 0 fully saturated rings. The minimum absolute atomic E-state index is 0.339. The van der Waals surface area contributed by atoms with Crippen molar-refractivity contribution in [1.29, 1.82) is 0 Å². The minimum Gasteiger partial charge on any atom is -0.489 e. The van der Waals surface area contributed by atoms with Gasteiger partial charge in [-0.3, -0.25) is 0 Å². The van der Waals surface area contributed by atoms with Crippen molar-refractivity contribution < 1.29 is 17.9 Å². The number of hydrogen-bond acceptors (Lipinski definition) is 1. The van der Waals surface area contributed by atoms with Crippen LogP contribution in [0.2, 0.25) is 0 Å². The summed E-state index contributed by atoms with van der Waals surface area (Å²) in [4.78, 5) is 0. The van der Waals surface area contributed by atoms with Gasteiger partial charge in [-0.2, -0.15) is 13.2 Å². The number of alkyl halides is 3. The molecule has 4 heteroatoms. The Morgan fingerprint density at radius 2 is 1.47 bits per heavy atom. The lowest BCUT2D eigenvalue weighted by atomic mass is 10.2. The summed E-state index contributed by atoms with van der Waals surface area (Å²) in [5.74, 6) is 0.425. The van der Waals surface area contributed by atoms with Crippen molar-refractivity contribution in [2.45, 2.75) is 19.7 Å². The van der Waals surface area contributed by atoms with Crippen molar-refractivity contribution in [2.75, 3.05) is 0 Å². The molecule has 0 aromatic heterocycles. The maximum absolute atomic E-state index is 12.4. The van der Waals surface area contributed by atoms with Crippen molar-refractivity contribution in [1.82, 2.24) is 0 Å². The fourth-order valence-electron chi connectivity index (χ4n) is 1.59. The van der Waals surface area contributed by atoms with E-state index in [1.54, 1.807) is 0 Å². The van der Waals surface area contributed by atoms with Gasteiger partial charge in [-0.25, -0.2) is 0 Å². The highest BCUT2D eigenvalue weighted by molar-refractivity contribution is 5.29. The molecular weight excluding hydrogens is 253 g/mol. The van der Waals surface area contributed by atoms with Crippen LogP contribution in [0.3, 0.4) is 0 Å². The molecule has 2 aromatic rings. The van der Waals surface area contributed by atoms with Crippen LogP contribution in [0.5, 0.6) is 5.75 Å². The zero-order valence-electron chi connectivity index (χ0n) is 10.4. The van der Waals surface area contributed by atoms with E-state index in [0.717, 1.165) is 23.3 Å². The fraction of sp³-hybridized carbons (Fsp3) is 0.200. The van der Waals surface area contributed by atoms with E-state index in [1.807, 2.05) is 31.2 Å². The number of hydrogen-bond donors (Lipinski definition) is 0. The monoisotopic (exact) mass is 266 g/mol. The lowest BCUT2D eigenvalue weighted by Crippen LogP contribution is -2.04.